The van der Waals surface area contributed by atoms with Crippen molar-refractivity contribution < 1.29 is 9.53 Å². The van der Waals surface area contributed by atoms with Crippen molar-refractivity contribution in [1.29, 1.82) is 0 Å². The molecule has 0 aromatic heterocycles. The largest absolute Gasteiger partial charge is 0.489 e. The second-order valence-corrected chi connectivity index (χ2v) is 9.04. The van der Waals surface area contributed by atoms with Crippen LogP contribution in [0.3, 0.4) is 0 Å². The molecule has 1 saturated heterocycles. The highest BCUT2D eigenvalue weighted by molar-refractivity contribution is 6.32. The summed E-state index contributed by atoms with van der Waals surface area (Å²) in [6.07, 6.45) is 5.39. The summed E-state index contributed by atoms with van der Waals surface area (Å²) in [4.78, 5) is 16.4. The van der Waals surface area contributed by atoms with Crippen molar-refractivity contribution in [3.05, 3.63) is 28.8 Å². The van der Waals surface area contributed by atoms with Crippen LogP contribution < -0.4 is 4.74 Å². The Kier molecular flexibility index (Phi) is 7.04. The summed E-state index contributed by atoms with van der Waals surface area (Å²) >= 11 is 6.62. The second-order valence-electron chi connectivity index (χ2n) is 8.66. The SMILES string of the molecule is CC(C)CC(=O)N(C)CC1CC(Oc2cccc(CN3CCCC3)c2Cl)C1. The summed E-state index contributed by atoms with van der Waals surface area (Å²) in [5, 5.41) is 0.761. The van der Waals surface area contributed by atoms with Crippen LogP contribution in [0.4, 0.5) is 0 Å². The molecule has 0 radical (unpaired) electrons. The molecule has 1 amide bonds. The monoisotopic (exact) mass is 392 g/mol. The molecule has 0 unspecified atom stereocenters. The summed E-state index contributed by atoms with van der Waals surface area (Å²) in [6, 6.07) is 6.12. The van der Waals surface area contributed by atoms with Crippen LogP contribution in [-0.4, -0.2) is 48.5 Å². The van der Waals surface area contributed by atoms with Crippen molar-refractivity contribution in [3.8, 4) is 5.75 Å². The smallest absolute Gasteiger partial charge is 0.222 e. The predicted molar refractivity (Wildman–Crippen MR) is 110 cm³/mol. The molecule has 3 rings (SSSR count). The van der Waals surface area contributed by atoms with Crippen LogP contribution >= 0.6 is 11.6 Å². The molecule has 1 saturated carbocycles. The molecule has 0 bridgehead atoms. The van der Waals surface area contributed by atoms with Crippen LogP contribution in [0.15, 0.2) is 18.2 Å². The minimum absolute atomic E-state index is 0.211. The lowest BCUT2D eigenvalue weighted by molar-refractivity contribution is -0.132. The molecule has 1 aliphatic carbocycles. The topological polar surface area (TPSA) is 32.8 Å². The zero-order valence-electron chi connectivity index (χ0n) is 16.9. The molecule has 0 N–H and O–H groups in total. The van der Waals surface area contributed by atoms with Gasteiger partial charge in [0.25, 0.3) is 0 Å². The quantitative estimate of drug-likeness (QED) is 0.648. The summed E-state index contributed by atoms with van der Waals surface area (Å²) in [5.74, 6) is 1.99. The fourth-order valence-electron chi connectivity index (χ4n) is 4.04. The van der Waals surface area contributed by atoms with Crippen molar-refractivity contribution in [3.63, 3.8) is 0 Å². The highest BCUT2D eigenvalue weighted by Crippen LogP contribution is 2.36. The summed E-state index contributed by atoms with van der Waals surface area (Å²) in [7, 11) is 1.91. The van der Waals surface area contributed by atoms with Crippen molar-refractivity contribution in [1.82, 2.24) is 9.80 Å². The van der Waals surface area contributed by atoms with Gasteiger partial charge in [0.05, 0.1) is 11.1 Å². The molecule has 2 aliphatic rings. The maximum atomic E-state index is 12.1. The Balaban J connectivity index is 1.46. The van der Waals surface area contributed by atoms with E-state index in [9.17, 15) is 4.79 Å². The summed E-state index contributed by atoms with van der Waals surface area (Å²) < 4.78 is 6.17. The number of benzene rings is 1. The lowest BCUT2D eigenvalue weighted by Gasteiger charge is -2.38. The molecule has 150 valence electrons. The number of hydrogen-bond acceptors (Lipinski definition) is 3. The average molecular weight is 393 g/mol. The molecule has 2 fully saturated rings. The van der Waals surface area contributed by atoms with Gasteiger partial charge in [-0.3, -0.25) is 9.69 Å². The number of likely N-dealkylation sites (tertiary alicyclic amines) is 1. The van der Waals surface area contributed by atoms with Gasteiger partial charge in [-0.05, 0) is 62.2 Å². The van der Waals surface area contributed by atoms with Crippen LogP contribution in [0.1, 0.15) is 51.5 Å². The number of halogens is 1. The number of carbonyl (C=O) groups is 1. The first kappa shape index (κ1) is 20.5. The van der Waals surface area contributed by atoms with Crippen molar-refractivity contribution in [2.24, 2.45) is 11.8 Å². The molecule has 27 heavy (non-hydrogen) atoms. The fourth-order valence-corrected chi connectivity index (χ4v) is 4.27. The van der Waals surface area contributed by atoms with Crippen LogP contribution in [0.5, 0.6) is 5.75 Å². The molecular formula is C22H33ClN2O2. The molecule has 1 aliphatic heterocycles. The van der Waals surface area contributed by atoms with E-state index in [1.807, 2.05) is 24.1 Å². The Morgan fingerprint density at radius 3 is 2.67 bits per heavy atom. The highest BCUT2D eigenvalue weighted by Gasteiger charge is 2.33. The van der Waals surface area contributed by atoms with Crippen LogP contribution in [0.25, 0.3) is 0 Å². The van der Waals surface area contributed by atoms with E-state index in [1.54, 1.807) is 0 Å². The van der Waals surface area contributed by atoms with Crippen LogP contribution in [-0.2, 0) is 11.3 Å². The number of ether oxygens (including phenoxy) is 1. The van der Waals surface area contributed by atoms with E-state index in [0.29, 0.717) is 18.3 Å². The molecule has 1 aromatic carbocycles. The normalized spacial score (nSPS) is 22.7. The Bertz CT molecular complexity index is 637. The predicted octanol–water partition coefficient (Wildman–Crippen LogP) is 4.60. The summed E-state index contributed by atoms with van der Waals surface area (Å²) in [5.41, 5.74) is 1.16. The molecule has 0 atom stereocenters. The molecular weight excluding hydrogens is 360 g/mol. The van der Waals surface area contributed by atoms with E-state index in [0.717, 1.165) is 55.4 Å². The molecule has 0 spiro atoms. The third-order valence-electron chi connectivity index (χ3n) is 5.66. The number of amides is 1. The number of nitrogens with zero attached hydrogens (tertiary/aromatic N) is 2. The van der Waals surface area contributed by atoms with Gasteiger partial charge in [0, 0.05) is 26.6 Å². The third-order valence-corrected chi connectivity index (χ3v) is 6.09. The van der Waals surface area contributed by atoms with Crippen molar-refractivity contribution in [2.75, 3.05) is 26.7 Å². The standard InChI is InChI=1S/C22H33ClN2O2/c1-16(2)11-21(26)24(3)14-17-12-19(13-17)27-20-8-6-7-18(22(20)23)15-25-9-4-5-10-25/h6-8,16-17,19H,4-5,9-15H2,1-3H3. The maximum Gasteiger partial charge on any atom is 0.222 e. The van der Waals surface area contributed by atoms with E-state index in [2.05, 4.69) is 24.8 Å². The number of rotatable bonds is 8. The maximum absolute atomic E-state index is 12.1. The van der Waals surface area contributed by atoms with Gasteiger partial charge in [-0.2, -0.15) is 0 Å². The van der Waals surface area contributed by atoms with Gasteiger partial charge in [0.1, 0.15) is 5.75 Å². The zero-order valence-corrected chi connectivity index (χ0v) is 17.7. The van der Waals surface area contributed by atoms with Gasteiger partial charge in [-0.25, -0.2) is 0 Å². The van der Waals surface area contributed by atoms with Gasteiger partial charge in [-0.1, -0.05) is 37.6 Å². The molecule has 4 nitrogen and oxygen atoms in total. The number of hydrogen-bond donors (Lipinski definition) is 0. The second kappa shape index (κ2) is 9.29. The van der Waals surface area contributed by atoms with Crippen LogP contribution in [0, 0.1) is 11.8 Å². The molecule has 1 heterocycles. The Morgan fingerprint density at radius 2 is 2.00 bits per heavy atom. The highest BCUT2D eigenvalue weighted by atomic mass is 35.5. The first-order valence-electron chi connectivity index (χ1n) is 10.3. The molecule has 1 aromatic rings. The minimum atomic E-state index is 0.211. The van der Waals surface area contributed by atoms with E-state index >= 15 is 0 Å². The fraction of sp³-hybridized carbons (Fsp3) is 0.682. The lowest BCUT2D eigenvalue weighted by atomic mass is 9.82. The van der Waals surface area contributed by atoms with Crippen molar-refractivity contribution >= 4 is 17.5 Å². The van der Waals surface area contributed by atoms with Gasteiger partial charge < -0.3 is 9.64 Å². The zero-order chi connectivity index (χ0) is 19.4. The number of carbonyl (C=O) groups excluding carboxylic acids is 1. The van der Waals surface area contributed by atoms with E-state index in [-0.39, 0.29) is 12.0 Å². The van der Waals surface area contributed by atoms with Gasteiger partial charge in [0.2, 0.25) is 5.91 Å². The van der Waals surface area contributed by atoms with Gasteiger partial charge in [-0.15, -0.1) is 0 Å². The lowest BCUT2D eigenvalue weighted by Crippen LogP contribution is -2.42. The Morgan fingerprint density at radius 1 is 1.30 bits per heavy atom. The first-order chi connectivity index (χ1) is 12.9. The summed E-state index contributed by atoms with van der Waals surface area (Å²) in [6.45, 7) is 8.23. The average Bonchev–Trinajstić information content (AvgIpc) is 3.08. The van der Waals surface area contributed by atoms with E-state index < -0.39 is 0 Å². The Labute approximate surface area is 168 Å². The van der Waals surface area contributed by atoms with Gasteiger partial charge in [0.15, 0.2) is 0 Å². The van der Waals surface area contributed by atoms with E-state index in [4.69, 9.17) is 16.3 Å². The van der Waals surface area contributed by atoms with Crippen LogP contribution in [0.2, 0.25) is 5.02 Å². The van der Waals surface area contributed by atoms with Crippen molar-refractivity contribution in [2.45, 2.75) is 58.6 Å². The Hall–Kier alpha value is -1.26. The third kappa shape index (κ3) is 5.61. The molecule has 5 heteroatoms. The minimum Gasteiger partial charge on any atom is -0.489 e. The van der Waals surface area contributed by atoms with E-state index in [1.165, 1.54) is 12.8 Å². The van der Waals surface area contributed by atoms with Gasteiger partial charge >= 0.3 is 0 Å². The first-order valence-corrected chi connectivity index (χ1v) is 10.7.